The van der Waals surface area contributed by atoms with Crippen LogP contribution in [0, 0.1) is 24.2 Å². The van der Waals surface area contributed by atoms with Gasteiger partial charge in [0.2, 0.25) is 0 Å². The standard InChI is InChI=1S/C33H37N5O2/c1-22-6-10-26(11-7-22)31-30(25-12-8-24(20-34)9-13-25)28-19-27(37(5)29(28)21-35-31)18-23-14-16-38(17-15-23)36-32(39)40-33(2,3)4/h6-13,19,21,23H,14-18H2,1-5H3,(H,36,39). The number of carbonyl (C=O) groups excluding carboxylic acids is 1. The fourth-order valence-corrected chi connectivity index (χ4v) is 5.45. The van der Waals surface area contributed by atoms with Crippen LogP contribution in [0.25, 0.3) is 33.3 Å². The van der Waals surface area contributed by atoms with Crippen LogP contribution in [-0.2, 0) is 18.2 Å². The van der Waals surface area contributed by atoms with Gasteiger partial charge in [0.25, 0.3) is 0 Å². The molecule has 1 saturated heterocycles. The number of aromatic nitrogens is 2. The largest absolute Gasteiger partial charge is 0.443 e. The first-order chi connectivity index (χ1) is 19.1. The van der Waals surface area contributed by atoms with E-state index >= 15 is 0 Å². The Morgan fingerprint density at radius 1 is 1.07 bits per heavy atom. The van der Waals surface area contributed by atoms with Gasteiger partial charge >= 0.3 is 6.09 Å². The number of hydrogen-bond donors (Lipinski definition) is 1. The molecule has 0 atom stereocenters. The van der Waals surface area contributed by atoms with Crippen molar-refractivity contribution in [1.29, 1.82) is 5.26 Å². The molecule has 1 amide bonds. The van der Waals surface area contributed by atoms with E-state index in [1.807, 2.05) is 56.2 Å². The van der Waals surface area contributed by atoms with E-state index in [2.05, 4.69) is 60.4 Å². The molecule has 0 spiro atoms. The number of nitrogens with zero attached hydrogens (tertiary/aromatic N) is 4. The first-order valence-electron chi connectivity index (χ1n) is 13.9. The summed E-state index contributed by atoms with van der Waals surface area (Å²) in [7, 11) is 2.12. The Labute approximate surface area is 236 Å². The number of piperidine rings is 1. The van der Waals surface area contributed by atoms with Crippen LogP contribution < -0.4 is 5.43 Å². The highest BCUT2D eigenvalue weighted by atomic mass is 16.6. The zero-order valence-corrected chi connectivity index (χ0v) is 24.0. The Morgan fingerprint density at radius 3 is 2.35 bits per heavy atom. The van der Waals surface area contributed by atoms with Gasteiger partial charge in [-0.05, 0) is 76.6 Å². The molecule has 2 aromatic carbocycles. The van der Waals surface area contributed by atoms with Gasteiger partial charge in [0.05, 0.1) is 29.0 Å². The molecule has 1 fully saturated rings. The molecular formula is C33H37N5O2. The Morgan fingerprint density at radius 2 is 1.73 bits per heavy atom. The highest BCUT2D eigenvalue weighted by molar-refractivity contribution is 6.02. The highest BCUT2D eigenvalue weighted by Gasteiger charge is 2.25. The molecule has 1 aliphatic heterocycles. The molecule has 7 heteroatoms. The van der Waals surface area contributed by atoms with Crippen LogP contribution in [0.15, 0.2) is 60.8 Å². The van der Waals surface area contributed by atoms with E-state index in [4.69, 9.17) is 9.72 Å². The van der Waals surface area contributed by atoms with E-state index in [1.54, 1.807) is 0 Å². The molecule has 0 unspecified atom stereocenters. The van der Waals surface area contributed by atoms with Crippen molar-refractivity contribution < 1.29 is 9.53 Å². The summed E-state index contributed by atoms with van der Waals surface area (Å²) in [5.41, 5.74) is 10.7. The van der Waals surface area contributed by atoms with Crippen LogP contribution in [0.4, 0.5) is 4.79 Å². The van der Waals surface area contributed by atoms with E-state index in [9.17, 15) is 10.1 Å². The first-order valence-corrected chi connectivity index (χ1v) is 13.9. The number of nitriles is 1. The van der Waals surface area contributed by atoms with Crippen LogP contribution in [-0.4, -0.2) is 39.3 Å². The van der Waals surface area contributed by atoms with E-state index in [1.165, 1.54) is 11.3 Å². The molecule has 5 rings (SSSR count). The summed E-state index contributed by atoms with van der Waals surface area (Å²) in [4.78, 5) is 17.1. The minimum absolute atomic E-state index is 0.396. The van der Waals surface area contributed by atoms with Gasteiger partial charge in [-0.25, -0.2) is 9.80 Å². The molecule has 0 bridgehead atoms. The molecule has 1 aliphatic rings. The van der Waals surface area contributed by atoms with Gasteiger partial charge in [-0.2, -0.15) is 5.26 Å². The summed E-state index contributed by atoms with van der Waals surface area (Å²) >= 11 is 0. The summed E-state index contributed by atoms with van der Waals surface area (Å²) in [6, 6.07) is 20.8. The zero-order chi connectivity index (χ0) is 28.4. The summed E-state index contributed by atoms with van der Waals surface area (Å²) in [5.74, 6) is 0.516. The highest BCUT2D eigenvalue weighted by Crippen LogP contribution is 2.38. The summed E-state index contributed by atoms with van der Waals surface area (Å²) in [6.07, 6.45) is 4.53. The molecule has 1 N–H and O–H groups in total. The SMILES string of the molecule is Cc1ccc(-c2ncc3c(cc(CC4CCN(NC(=O)OC(C)(C)C)CC4)n3C)c2-c2ccc(C#N)cc2)cc1. The van der Waals surface area contributed by atoms with Crippen molar-refractivity contribution >= 4 is 17.0 Å². The quantitative estimate of drug-likeness (QED) is 0.305. The fourth-order valence-electron chi connectivity index (χ4n) is 5.45. The predicted octanol–water partition coefficient (Wildman–Crippen LogP) is 6.78. The van der Waals surface area contributed by atoms with Gasteiger partial charge in [-0.1, -0.05) is 42.0 Å². The van der Waals surface area contributed by atoms with Gasteiger partial charge in [0, 0.05) is 42.3 Å². The van der Waals surface area contributed by atoms with Gasteiger partial charge in [-0.15, -0.1) is 0 Å². The van der Waals surface area contributed by atoms with Crippen molar-refractivity contribution in [2.45, 2.75) is 52.6 Å². The minimum Gasteiger partial charge on any atom is -0.443 e. The number of benzene rings is 2. The van der Waals surface area contributed by atoms with Gasteiger partial charge in [-0.3, -0.25) is 10.4 Å². The maximum Gasteiger partial charge on any atom is 0.422 e. The molecule has 7 nitrogen and oxygen atoms in total. The zero-order valence-electron chi connectivity index (χ0n) is 24.0. The van der Waals surface area contributed by atoms with Crippen molar-refractivity contribution in [2.24, 2.45) is 13.0 Å². The monoisotopic (exact) mass is 535 g/mol. The summed E-state index contributed by atoms with van der Waals surface area (Å²) in [5, 5.41) is 12.5. The summed E-state index contributed by atoms with van der Waals surface area (Å²) < 4.78 is 7.67. The van der Waals surface area contributed by atoms with Crippen LogP contribution >= 0.6 is 0 Å². The maximum absolute atomic E-state index is 12.2. The van der Waals surface area contributed by atoms with Gasteiger partial charge in [0.15, 0.2) is 0 Å². The normalized spacial score (nSPS) is 14.7. The number of rotatable bonds is 5. The second-order valence-corrected chi connectivity index (χ2v) is 11.8. The number of aryl methyl sites for hydroxylation is 2. The van der Waals surface area contributed by atoms with E-state index in [0.29, 0.717) is 11.5 Å². The van der Waals surface area contributed by atoms with Crippen molar-refractivity contribution in [1.82, 2.24) is 20.0 Å². The minimum atomic E-state index is -0.512. The lowest BCUT2D eigenvalue weighted by Gasteiger charge is -2.32. The number of pyridine rings is 1. The van der Waals surface area contributed by atoms with Crippen molar-refractivity contribution in [2.75, 3.05) is 13.1 Å². The number of amides is 1. The smallest absolute Gasteiger partial charge is 0.422 e. The third kappa shape index (κ3) is 6.03. The second kappa shape index (κ2) is 11.1. The topological polar surface area (TPSA) is 83.2 Å². The molecule has 40 heavy (non-hydrogen) atoms. The average molecular weight is 536 g/mol. The number of ether oxygens (including phenoxy) is 1. The van der Waals surface area contributed by atoms with E-state index < -0.39 is 11.7 Å². The average Bonchev–Trinajstić information content (AvgIpc) is 3.23. The van der Waals surface area contributed by atoms with Crippen molar-refractivity contribution in [3.05, 3.63) is 77.6 Å². The van der Waals surface area contributed by atoms with E-state index in [0.717, 1.165) is 65.6 Å². The molecule has 2 aromatic heterocycles. The lowest BCUT2D eigenvalue weighted by molar-refractivity contribution is 0.0264. The molecular weight excluding hydrogens is 498 g/mol. The number of hydrazine groups is 1. The molecule has 0 aliphatic carbocycles. The first kappa shape index (κ1) is 27.4. The molecule has 3 heterocycles. The van der Waals surface area contributed by atoms with Crippen LogP contribution in [0.2, 0.25) is 0 Å². The summed E-state index contributed by atoms with van der Waals surface area (Å²) in [6.45, 7) is 9.29. The van der Waals surface area contributed by atoms with Gasteiger partial charge < -0.3 is 9.30 Å². The molecule has 4 aromatic rings. The van der Waals surface area contributed by atoms with Crippen LogP contribution in [0.5, 0.6) is 0 Å². The Balaban J connectivity index is 1.42. The molecule has 206 valence electrons. The van der Waals surface area contributed by atoms with Gasteiger partial charge in [0.1, 0.15) is 5.60 Å². The third-order valence-electron chi connectivity index (χ3n) is 7.59. The number of nitrogens with one attached hydrogen (secondary N) is 1. The number of fused-ring (bicyclic) bond motifs is 1. The molecule has 0 radical (unpaired) electrons. The number of hydrogen-bond acceptors (Lipinski definition) is 5. The molecule has 0 saturated carbocycles. The lowest BCUT2D eigenvalue weighted by Crippen LogP contribution is -2.48. The maximum atomic E-state index is 12.2. The van der Waals surface area contributed by atoms with Crippen molar-refractivity contribution in [3.63, 3.8) is 0 Å². The van der Waals surface area contributed by atoms with E-state index in [-0.39, 0.29) is 0 Å². The van der Waals surface area contributed by atoms with Crippen LogP contribution in [0.3, 0.4) is 0 Å². The Kier molecular flexibility index (Phi) is 7.64. The predicted molar refractivity (Wildman–Crippen MR) is 158 cm³/mol. The second-order valence-electron chi connectivity index (χ2n) is 11.8. The Bertz CT molecular complexity index is 1550. The third-order valence-corrected chi connectivity index (χ3v) is 7.59. The number of carbonyl (C=O) groups is 1. The van der Waals surface area contributed by atoms with Crippen LogP contribution in [0.1, 0.15) is 50.4 Å². The fraction of sp³-hybridized carbons (Fsp3) is 0.364. The van der Waals surface area contributed by atoms with Crippen molar-refractivity contribution in [3.8, 4) is 28.5 Å². The Hall–Kier alpha value is -4.15. The lowest BCUT2D eigenvalue weighted by atomic mass is 9.92.